The first kappa shape index (κ1) is 12.8. The molecule has 0 bridgehead atoms. The lowest BCUT2D eigenvalue weighted by Crippen LogP contribution is -2.96. The van der Waals surface area contributed by atoms with E-state index in [1.54, 1.807) is 0 Å². The minimum atomic E-state index is 0.0983. The molecule has 0 unspecified atom stereocenters. The van der Waals surface area contributed by atoms with Crippen LogP contribution in [0.15, 0.2) is 36.4 Å². The SMILES string of the molecule is Cc1ccc([NH+]([O-])c2ccc(C)c(C)c2)cc1C. The minimum absolute atomic E-state index is 0.0983. The van der Waals surface area contributed by atoms with Crippen LogP contribution in [-0.2, 0) is 0 Å². The van der Waals surface area contributed by atoms with Gasteiger partial charge in [0.25, 0.3) is 0 Å². The van der Waals surface area contributed by atoms with E-state index in [0.717, 1.165) is 22.5 Å². The smallest absolute Gasteiger partial charge is 0.136 e. The lowest BCUT2D eigenvalue weighted by atomic mass is 10.1. The molecule has 2 rings (SSSR count). The van der Waals surface area contributed by atoms with Crippen LogP contribution in [0.3, 0.4) is 0 Å². The molecule has 2 nitrogen and oxygen atoms in total. The van der Waals surface area contributed by atoms with Crippen molar-refractivity contribution >= 4 is 11.4 Å². The Morgan fingerprint density at radius 3 is 1.39 bits per heavy atom. The minimum Gasteiger partial charge on any atom is -0.623 e. The van der Waals surface area contributed by atoms with Crippen molar-refractivity contribution in [1.29, 1.82) is 0 Å². The third-order valence-corrected chi connectivity index (χ3v) is 3.54. The van der Waals surface area contributed by atoms with Gasteiger partial charge in [-0.05, 0) is 49.9 Å². The molecule has 0 aromatic heterocycles. The quantitative estimate of drug-likeness (QED) is 0.803. The number of hydrogen-bond acceptors (Lipinski definition) is 1. The second kappa shape index (κ2) is 4.92. The zero-order valence-electron chi connectivity index (χ0n) is 11.4. The van der Waals surface area contributed by atoms with Crippen LogP contribution in [0, 0.1) is 32.9 Å². The van der Waals surface area contributed by atoms with Crippen LogP contribution < -0.4 is 5.06 Å². The van der Waals surface area contributed by atoms with Crippen molar-refractivity contribution < 1.29 is 5.06 Å². The summed E-state index contributed by atoms with van der Waals surface area (Å²) in [6, 6.07) is 11.7. The molecule has 18 heavy (non-hydrogen) atoms. The zero-order chi connectivity index (χ0) is 13.3. The van der Waals surface area contributed by atoms with Crippen LogP contribution in [0.25, 0.3) is 0 Å². The van der Waals surface area contributed by atoms with Gasteiger partial charge in [-0.2, -0.15) is 0 Å². The monoisotopic (exact) mass is 241 g/mol. The lowest BCUT2D eigenvalue weighted by molar-refractivity contribution is -0.698. The summed E-state index contributed by atoms with van der Waals surface area (Å²) in [6.07, 6.45) is 0. The van der Waals surface area contributed by atoms with Crippen molar-refractivity contribution in [2.24, 2.45) is 0 Å². The second-order valence-corrected chi connectivity index (χ2v) is 4.93. The van der Waals surface area contributed by atoms with Gasteiger partial charge in [0, 0.05) is 24.3 Å². The van der Waals surface area contributed by atoms with Gasteiger partial charge in [-0.15, -0.1) is 0 Å². The fraction of sp³-hybridized carbons (Fsp3) is 0.250. The molecule has 0 saturated heterocycles. The summed E-state index contributed by atoms with van der Waals surface area (Å²) in [5.41, 5.74) is 6.27. The highest BCUT2D eigenvalue weighted by Crippen LogP contribution is 2.15. The van der Waals surface area contributed by atoms with Crippen LogP contribution in [-0.4, -0.2) is 0 Å². The average molecular weight is 241 g/mol. The van der Waals surface area contributed by atoms with E-state index in [0.29, 0.717) is 0 Å². The number of rotatable bonds is 2. The van der Waals surface area contributed by atoms with Gasteiger partial charge in [0.1, 0.15) is 11.4 Å². The van der Waals surface area contributed by atoms with Gasteiger partial charge < -0.3 is 10.3 Å². The van der Waals surface area contributed by atoms with Gasteiger partial charge in [0.2, 0.25) is 0 Å². The van der Waals surface area contributed by atoms with Crippen molar-refractivity contribution in [2.45, 2.75) is 27.7 Å². The molecule has 0 radical (unpaired) electrons. The van der Waals surface area contributed by atoms with Gasteiger partial charge in [-0.3, -0.25) is 0 Å². The standard InChI is InChI=1S/C16H19NO/c1-11-5-7-15(9-13(11)3)17(18)16-8-6-12(2)14(4)10-16/h5-10,17H,1-4H3. The molecule has 94 valence electrons. The molecule has 0 amide bonds. The number of hydrogen-bond donors (Lipinski definition) is 1. The van der Waals surface area contributed by atoms with Gasteiger partial charge in [0.05, 0.1) is 0 Å². The number of benzene rings is 2. The Hall–Kier alpha value is -1.64. The summed E-state index contributed by atoms with van der Waals surface area (Å²) in [5, 5.41) is 12.5. The van der Waals surface area contributed by atoms with Crippen molar-refractivity contribution in [2.75, 3.05) is 0 Å². The highest BCUT2D eigenvalue weighted by Gasteiger charge is 2.08. The Labute approximate surface area is 108 Å². The van der Waals surface area contributed by atoms with Crippen LogP contribution in [0.2, 0.25) is 0 Å². The lowest BCUT2D eigenvalue weighted by Gasteiger charge is -2.22. The number of nitrogens with one attached hydrogen (secondary N) is 1. The average Bonchev–Trinajstić information content (AvgIpc) is 2.35. The molecule has 0 saturated carbocycles. The van der Waals surface area contributed by atoms with E-state index in [9.17, 15) is 5.21 Å². The van der Waals surface area contributed by atoms with E-state index in [2.05, 4.69) is 13.8 Å². The van der Waals surface area contributed by atoms with Crippen molar-refractivity contribution in [3.63, 3.8) is 0 Å². The maximum atomic E-state index is 12.4. The molecule has 0 atom stereocenters. The van der Waals surface area contributed by atoms with Crippen LogP contribution >= 0.6 is 0 Å². The molecule has 0 aliphatic heterocycles. The first-order valence-corrected chi connectivity index (χ1v) is 6.18. The van der Waals surface area contributed by atoms with Crippen LogP contribution in [0.4, 0.5) is 11.4 Å². The van der Waals surface area contributed by atoms with Gasteiger partial charge in [-0.1, -0.05) is 12.1 Å². The van der Waals surface area contributed by atoms with Crippen molar-refractivity contribution in [3.8, 4) is 0 Å². The predicted molar refractivity (Wildman–Crippen MR) is 75.5 cm³/mol. The molecule has 2 aromatic carbocycles. The highest BCUT2D eigenvalue weighted by molar-refractivity contribution is 5.44. The predicted octanol–water partition coefficient (Wildman–Crippen LogP) is 3.27. The maximum absolute atomic E-state index is 12.4. The third kappa shape index (κ3) is 2.45. The van der Waals surface area contributed by atoms with Crippen molar-refractivity contribution in [3.05, 3.63) is 63.9 Å². The Morgan fingerprint density at radius 1 is 0.667 bits per heavy atom. The van der Waals surface area contributed by atoms with E-state index in [-0.39, 0.29) is 5.06 Å². The molecule has 0 spiro atoms. The Balaban J connectivity index is 2.37. The summed E-state index contributed by atoms with van der Waals surface area (Å²) >= 11 is 0. The second-order valence-electron chi connectivity index (χ2n) is 4.93. The largest absolute Gasteiger partial charge is 0.623 e. The molecule has 1 N–H and O–H groups in total. The van der Waals surface area contributed by atoms with Gasteiger partial charge in [-0.25, -0.2) is 0 Å². The number of aryl methyl sites for hydroxylation is 4. The molecule has 0 fully saturated rings. The Morgan fingerprint density at radius 2 is 1.06 bits per heavy atom. The molecular weight excluding hydrogens is 222 g/mol. The Bertz CT molecular complexity index is 524. The van der Waals surface area contributed by atoms with Gasteiger partial charge in [0.15, 0.2) is 0 Å². The van der Waals surface area contributed by atoms with E-state index < -0.39 is 0 Å². The van der Waals surface area contributed by atoms with Crippen molar-refractivity contribution in [1.82, 2.24) is 0 Å². The van der Waals surface area contributed by atoms with E-state index in [1.165, 1.54) is 11.1 Å². The summed E-state index contributed by atoms with van der Waals surface area (Å²) in [4.78, 5) is 0. The molecule has 2 heteroatoms. The summed E-state index contributed by atoms with van der Waals surface area (Å²) in [6.45, 7) is 8.18. The maximum Gasteiger partial charge on any atom is 0.136 e. The van der Waals surface area contributed by atoms with Crippen LogP contribution in [0.1, 0.15) is 22.3 Å². The summed E-state index contributed by atoms with van der Waals surface area (Å²) < 4.78 is 0. The van der Waals surface area contributed by atoms with E-state index in [1.807, 2.05) is 50.2 Å². The van der Waals surface area contributed by atoms with Crippen LogP contribution in [0.5, 0.6) is 0 Å². The Kier molecular flexibility index (Phi) is 3.50. The first-order valence-electron chi connectivity index (χ1n) is 6.18. The fourth-order valence-corrected chi connectivity index (χ4v) is 1.93. The summed E-state index contributed by atoms with van der Waals surface area (Å²) in [7, 11) is 0. The topological polar surface area (TPSA) is 27.5 Å². The zero-order valence-corrected chi connectivity index (χ0v) is 11.4. The molecular formula is C16H19NO. The fourth-order valence-electron chi connectivity index (χ4n) is 1.93. The molecule has 0 heterocycles. The third-order valence-electron chi connectivity index (χ3n) is 3.54. The van der Waals surface area contributed by atoms with E-state index in [4.69, 9.17) is 0 Å². The number of quaternary nitrogens is 1. The van der Waals surface area contributed by atoms with E-state index >= 15 is 0 Å². The molecule has 0 aliphatic rings. The summed E-state index contributed by atoms with van der Waals surface area (Å²) in [5.74, 6) is 0. The molecule has 2 aromatic rings. The first-order chi connectivity index (χ1) is 8.49. The normalized spacial score (nSPS) is 11.0. The molecule has 0 aliphatic carbocycles. The van der Waals surface area contributed by atoms with Gasteiger partial charge >= 0.3 is 0 Å². The highest BCUT2D eigenvalue weighted by atomic mass is 16.5.